The second-order valence-corrected chi connectivity index (χ2v) is 5.46. The first-order valence-electron chi connectivity index (χ1n) is 7.09. The van der Waals surface area contributed by atoms with Crippen LogP contribution in [0.25, 0.3) is 5.65 Å². The van der Waals surface area contributed by atoms with E-state index < -0.39 is 0 Å². The number of aliphatic hydroxyl groups excluding tert-OH is 1. The number of aliphatic hydroxyl groups is 1. The van der Waals surface area contributed by atoms with E-state index in [1.54, 1.807) is 0 Å². The molecule has 1 N–H and O–H groups in total. The van der Waals surface area contributed by atoms with Gasteiger partial charge < -0.3 is 9.51 Å². The molecule has 2 unspecified atom stereocenters. The molecule has 0 bridgehead atoms. The monoisotopic (exact) mass is 259 g/mol. The molecule has 2 aromatic rings. The highest BCUT2D eigenvalue weighted by Crippen LogP contribution is 2.21. The minimum absolute atomic E-state index is 0.123. The molecule has 19 heavy (non-hydrogen) atoms. The highest BCUT2D eigenvalue weighted by molar-refractivity contribution is 5.39. The summed E-state index contributed by atoms with van der Waals surface area (Å²) in [5, 5.41) is 9.92. The van der Waals surface area contributed by atoms with Gasteiger partial charge in [0.25, 0.3) is 0 Å². The maximum absolute atomic E-state index is 9.92. The maximum atomic E-state index is 9.92. The quantitative estimate of drug-likeness (QED) is 0.915. The minimum Gasteiger partial charge on any atom is -0.393 e. The summed E-state index contributed by atoms with van der Waals surface area (Å²) in [5.41, 5.74) is 2.11. The van der Waals surface area contributed by atoms with Gasteiger partial charge in [0.1, 0.15) is 5.65 Å². The molecule has 1 aliphatic heterocycles. The largest absolute Gasteiger partial charge is 0.393 e. The molecule has 0 aromatic carbocycles. The SMILES string of the molecule is CCC1CN(Cc2cn3ccccc3n2)CCC1O. The van der Waals surface area contributed by atoms with E-state index in [0.717, 1.165) is 43.8 Å². The Labute approximate surface area is 113 Å². The molecule has 0 spiro atoms. The summed E-state index contributed by atoms with van der Waals surface area (Å²) >= 11 is 0. The van der Waals surface area contributed by atoms with E-state index in [9.17, 15) is 5.11 Å². The Balaban J connectivity index is 1.71. The van der Waals surface area contributed by atoms with Crippen molar-refractivity contribution in [3.05, 3.63) is 36.3 Å². The lowest BCUT2D eigenvalue weighted by atomic mass is 9.92. The second-order valence-electron chi connectivity index (χ2n) is 5.46. The Morgan fingerprint density at radius 3 is 3.11 bits per heavy atom. The summed E-state index contributed by atoms with van der Waals surface area (Å²) in [7, 11) is 0. The van der Waals surface area contributed by atoms with Crippen LogP contribution in [0.5, 0.6) is 0 Å². The third-order valence-electron chi connectivity index (χ3n) is 4.10. The van der Waals surface area contributed by atoms with Gasteiger partial charge in [0.2, 0.25) is 0 Å². The van der Waals surface area contributed by atoms with Crippen molar-refractivity contribution in [2.45, 2.75) is 32.4 Å². The van der Waals surface area contributed by atoms with Crippen LogP contribution in [0.2, 0.25) is 0 Å². The van der Waals surface area contributed by atoms with Crippen molar-refractivity contribution in [1.29, 1.82) is 0 Å². The summed E-state index contributed by atoms with van der Waals surface area (Å²) in [6.07, 6.45) is 5.93. The van der Waals surface area contributed by atoms with Crippen molar-refractivity contribution in [2.24, 2.45) is 5.92 Å². The van der Waals surface area contributed by atoms with Crippen LogP contribution in [0.3, 0.4) is 0 Å². The normalized spacial score (nSPS) is 24.9. The molecule has 1 saturated heterocycles. The third-order valence-corrected chi connectivity index (χ3v) is 4.10. The average Bonchev–Trinajstić information content (AvgIpc) is 2.83. The molecule has 0 radical (unpaired) electrons. The van der Waals surface area contributed by atoms with Gasteiger partial charge >= 0.3 is 0 Å². The first-order chi connectivity index (χ1) is 9.26. The smallest absolute Gasteiger partial charge is 0.137 e. The molecular formula is C15H21N3O. The molecular weight excluding hydrogens is 238 g/mol. The molecule has 2 aromatic heterocycles. The predicted molar refractivity (Wildman–Crippen MR) is 74.9 cm³/mol. The molecule has 1 aliphatic rings. The van der Waals surface area contributed by atoms with E-state index in [4.69, 9.17) is 0 Å². The lowest BCUT2D eigenvalue weighted by Gasteiger charge is -2.35. The van der Waals surface area contributed by atoms with Crippen LogP contribution in [0.4, 0.5) is 0 Å². The van der Waals surface area contributed by atoms with Crippen LogP contribution in [0.15, 0.2) is 30.6 Å². The van der Waals surface area contributed by atoms with Crippen LogP contribution < -0.4 is 0 Å². The maximum Gasteiger partial charge on any atom is 0.137 e. The standard InChI is InChI=1S/C15H21N3O/c1-2-12-9-17(8-6-14(12)19)10-13-11-18-7-4-3-5-15(18)16-13/h3-5,7,11-12,14,19H,2,6,8-10H2,1H3. The fraction of sp³-hybridized carbons (Fsp3) is 0.533. The van der Waals surface area contributed by atoms with E-state index in [0.29, 0.717) is 5.92 Å². The lowest BCUT2D eigenvalue weighted by Crippen LogP contribution is -2.42. The van der Waals surface area contributed by atoms with E-state index in [1.807, 2.05) is 24.4 Å². The fourth-order valence-electron chi connectivity index (χ4n) is 2.93. The summed E-state index contributed by atoms with van der Waals surface area (Å²) in [5.74, 6) is 0.408. The summed E-state index contributed by atoms with van der Waals surface area (Å²) < 4.78 is 2.06. The number of aromatic nitrogens is 2. The van der Waals surface area contributed by atoms with Gasteiger partial charge in [-0.15, -0.1) is 0 Å². The number of likely N-dealkylation sites (tertiary alicyclic amines) is 1. The zero-order valence-electron chi connectivity index (χ0n) is 11.4. The van der Waals surface area contributed by atoms with Gasteiger partial charge in [0.15, 0.2) is 0 Å². The van der Waals surface area contributed by atoms with Gasteiger partial charge in [-0.2, -0.15) is 0 Å². The molecule has 4 nitrogen and oxygen atoms in total. The van der Waals surface area contributed by atoms with E-state index in [-0.39, 0.29) is 6.10 Å². The molecule has 102 valence electrons. The Morgan fingerprint density at radius 1 is 1.42 bits per heavy atom. The lowest BCUT2D eigenvalue weighted by molar-refractivity contribution is 0.0218. The van der Waals surface area contributed by atoms with E-state index in [1.165, 1.54) is 0 Å². The number of hydrogen-bond acceptors (Lipinski definition) is 3. The number of pyridine rings is 1. The number of piperidine rings is 1. The predicted octanol–water partition coefficient (Wildman–Crippen LogP) is 1.93. The van der Waals surface area contributed by atoms with Crippen molar-refractivity contribution in [1.82, 2.24) is 14.3 Å². The summed E-state index contributed by atoms with van der Waals surface area (Å²) in [4.78, 5) is 7.04. The van der Waals surface area contributed by atoms with Crippen molar-refractivity contribution < 1.29 is 5.11 Å². The van der Waals surface area contributed by atoms with Crippen LogP contribution in [-0.4, -0.2) is 38.6 Å². The van der Waals surface area contributed by atoms with Crippen LogP contribution in [0.1, 0.15) is 25.5 Å². The zero-order chi connectivity index (χ0) is 13.2. The van der Waals surface area contributed by atoms with Gasteiger partial charge in [0, 0.05) is 32.0 Å². The van der Waals surface area contributed by atoms with Crippen molar-refractivity contribution in [3.8, 4) is 0 Å². The number of hydrogen-bond donors (Lipinski definition) is 1. The highest BCUT2D eigenvalue weighted by atomic mass is 16.3. The Bertz CT molecular complexity index is 518. The third kappa shape index (κ3) is 2.65. The average molecular weight is 259 g/mol. The summed E-state index contributed by atoms with van der Waals surface area (Å²) in [6, 6.07) is 6.05. The van der Waals surface area contributed by atoms with Gasteiger partial charge in [-0.25, -0.2) is 4.98 Å². The van der Waals surface area contributed by atoms with Gasteiger partial charge in [-0.1, -0.05) is 13.0 Å². The number of nitrogens with zero attached hydrogens (tertiary/aromatic N) is 3. The number of imidazole rings is 1. The summed E-state index contributed by atoms with van der Waals surface area (Å²) in [6.45, 7) is 4.98. The first-order valence-corrected chi connectivity index (χ1v) is 7.09. The fourth-order valence-corrected chi connectivity index (χ4v) is 2.93. The molecule has 0 aliphatic carbocycles. The van der Waals surface area contributed by atoms with Crippen molar-refractivity contribution in [2.75, 3.05) is 13.1 Å². The van der Waals surface area contributed by atoms with Gasteiger partial charge in [-0.05, 0) is 30.9 Å². The molecule has 1 fully saturated rings. The zero-order valence-corrected chi connectivity index (χ0v) is 11.4. The molecule has 2 atom stereocenters. The van der Waals surface area contributed by atoms with Crippen molar-refractivity contribution >= 4 is 5.65 Å². The van der Waals surface area contributed by atoms with Crippen LogP contribution in [-0.2, 0) is 6.54 Å². The minimum atomic E-state index is -0.123. The molecule has 4 heteroatoms. The van der Waals surface area contributed by atoms with Crippen LogP contribution in [0, 0.1) is 5.92 Å². The molecule has 0 saturated carbocycles. The Hall–Kier alpha value is -1.39. The second kappa shape index (κ2) is 5.31. The Kier molecular flexibility index (Phi) is 3.53. The molecule has 0 amide bonds. The van der Waals surface area contributed by atoms with E-state index >= 15 is 0 Å². The van der Waals surface area contributed by atoms with Crippen LogP contribution >= 0.6 is 0 Å². The van der Waals surface area contributed by atoms with Gasteiger partial charge in [-0.3, -0.25) is 4.90 Å². The highest BCUT2D eigenvalue weighted by Gasteiger charge is 2.26. The Morgan fingerprint density at radius 2 is 2.32 bits per heavy atom. The topological polar surface area (TPSA) is 40.8 Å². The molecule has 3 heterocycles. The number of rotatable bonds is 3. The first kappa shape index (κ1) is 12.6. The van der Waals surface area contributed by atoms with E-state index in [2.05, 4.69) is 27.4 Å². The number of fused-ring (bicyclic) bond motifs is 1. The van der Waals surface area contributed by atoms with Crippen molar-refractivity contribution in [3.63, 3.8) is 0 Å². The molecule has 3 rings (SSSR count). The van der Waals surface area contributed by atoms with Gasteiger partial charge in [0.05, 0.1) is 11.8 Å².